The summed E-state index contributed by atoms with van der Waals surface area (Å²) in [6.07, 6.45) is 17.9. The SMILES string of the molecule is N#C/C=C/C=C/C1CCC(CCCCc2ccc(C#N)cc2)CC1. The lowest BCUT2D eigenvalue weighted by Crippen LogP contribution is -2.13. The van der Waals surface area contributed by atoms with Gasteiger partial charge in [-0.15, -0.1) is 0 Å². The second-order valence-electron chi connectivity index (χ2n) is 6.71. The number of aryl methyl sites for hydroxylation is 1. The highest BCUT2D eigenvalue weighted by molar-refractivity contribution is 5.31. The van der Waals surface area contributed by atoms with Crippen molar-refractivity contribution in [3.63, 3.8) is 0 Å². The van der Waals surface area contributed by atoms with Gasteiger partial charge in [-0.1, -0.05) is 43.2 Å². The molecule has 1 aromatic rings. The van der Waals surface area contributed by atoms with E-state index >= 15 is 0 Å². The fourth-order valence-corrected chi connectivity index (χ4v) is 3.50. The van der Waals surface area contributed by atoms with Crippen molar-refractivity contribution in [3.8, 4) is 12.1 Å². The summed E-state index contributed by atoms with van der Waals surface area (Å²) in [5.74, 6) is 1.59. The molecule has 2 nitrogen and oxygen atoms in total. The van der Waals surface area contributed by atoms with E-state index in [1.807, 2.05) is 30.4 Å². The molecule has 0 bridgehead atoms. The largest absolute Gasteiger partial charge is 0.193 e. The zero-order chi connectivity index (χ0) is 17.0. The summed E-state index contributed by atoms with van der Waals surface area (Å²) in [6.45, 7) is 0. The summed E-state index contributed by atoms with van der Waals surface area (Å²) >= 11 is 0. The van der Waals surface area contributed by atoms with Crippen molar-refractivity contribution in [1.29, 1.82) is 10.5 Å². The Morgan fingerprint density at radius 1 is 0.958 bits per heavy atom. The van der Waals surface area contributed by atoms with Crippen LogP contribution >= 0.6 is 0 Å². The molecule has 1 aromatic carbocycles. The van der Waals surface area contributed by atoms with Crippen LogP contribution in [0.25, 0.3) is 0 Å². The first-order valence-electron chi connectivity index (χ1n) is 9.04. The molecule has 2 heteroatoms. The van der Waals surface area contributed by atoms with Gasteiger partial charge in [0.05, 0.1) is 17.7 Å². The molecule has 0 heterocycles. The Balaban J connectivity index is 1.59. The average Bonchev–Trinajstić information content (AvgIpc) is 2.64. The second-order valence-corrected chi connectivity index (χ2v) is 6.71. The molecular weight excluding hydrogens is 292 g/mol. The highest BCUT2D eigenvalue weighted by Crippen LogP contribution is 2.32. The average molecular weight is 318 g/mol. The van der Waals surface area contributed by atoms with E-state index < -0.39 is 0 Å². The first-order chi connectivity index (χ1) is 11.8. The molecule has 0 atom stereocenters. The molecule has 0 aromatic heterocycles. The molecule has 2 rings (SSSR count). The summed E-state index contributed by atoms with van der Waals surface area (Å²) < 4.78 is 0. The zero-order valence-corrected chi connectivity index (χ0v) is 14.3. The van der Waals surface area contributed by atoms with Crippen LogP contribution in [0.2, 0.25) is 0 Å². The van der Waals surface area contributed by atoms with Gasteiger partial charge in [-0.25, -0.2) is 0 Å². The normalized spacial score (nSPS) is 20.9. The second kappa shape index (κ2) is 10.5. The minimum absolute atomic E-state index is 0.697. The summed E-state index contributed by atoms with van der Waals surface area (Å²) in [6, 6.07) is 12.2. The lowest BCUT2D eigenvalue weighted by molar-refractivity contribution is 0.289. The molecular formula is C22H26N2. The summed E-state index contributed by atoms with van der Waals surface area (Å²) in [5.41, 5.74) is 2.08. The van der Waals surface area contributed by atoms with Crippen LogP contribution in [-0.2, 0) is 6.42 Å². The number of unbranched alkanes of at least 4 members (excludes halogenated alkanes) is 1. The predicted octanol–water partition coefficient (Wildman–Crippen LogP) is 5.71. The number of nitriles is 2. The van der Waals surface area contributed by atoms with E-state index in [1.54, 1.807) is 0 Å². The number of nitrogens with zero attached hydrogens (tertiary/aromatic N) is 2. The Hall–Kier alpha value is -2.32. The highest BCUT2D eigenvalue weighted by atomic mass is 14.2. The van der Waals surface area contributed by atoms with Crippen molar-refractivity contribution in [1.82, 2.24) is 0 Å². The van der Waals surface area contributed by atoms with Crippen LogP contribution in [0.4, 0.5) is 0 Å². The van der Waals surface area contributed by atoms with E-state index in [0.717, 1.165) is 17.9 Å². The molecule has 1 aliphatic rings. The maximum Gasteiger partial charge on any atom is 0.0991 e. The highest BCUT2D eigenvalue weighted by Gasteiger charge is 2.18. The van der Waals surface area contributed by atoms with Gasteiger partial charge in [0.1, 0.15) is 0 Å². The van der Waals surface area contributed by atoms with Crippen molar-refractivity contribution >= 4 is 0 Å². The molecule has 0 amide bonds. The van der Waals surface area contributed by atoms with Crippen LogP contribution in [0.5, 0.6) is 0 Å². The molecule has 24 heavy (non-hydrogen) atoms. The Morgan fingerprint density at radius 2 is 1.71 bits per heavy atom. The van der Waals surface area contributed by atoms with Gasteiger partial charge in [0.15, 0.2) is 0 Å². The maximum atomic E-state index is 8.81. The van der Waals surface area contributed by atoms with E-state index in [4.69, 9.17) is 10.5 Å². The number of rotatable bonds is 7. The van der Waals surface area contributed by atoms with E-state index in [-0.39, 0.29) is 0 Å². The van der Waals surface area contributed by atoms with Crippen LogP contribution in [0, 0.1) is 34.5 Å². The fourth-order valence-electron chi connectivity index (χ4n) is 3.50. The monoisotopic (exact) mass is 318 g/mol. The Kier molecular flexibility index (Phi) is 7.85. The predicted molar refractivity (Wildman–Crippen MR) is 98.1 cm³/mol. The summed E-state index contributed by atoms with van der Waals surface area (Å²) in [5, 5.41) is 17.3. The van der Waals surface area contributed by atoms with Crippen LogP contribution < -0.4 is 0 Å². The molecule has 0 aliphatic heterocycles. The molecule has 0 spiro atoms. The molecule has 0 N–H and O–H groups in total. The summed E-state index contributed by atoms with van der Waals surface area (Å²) in [7, 11) is 0. The van der Waals surface area contributed by atoms with Gasteiger partial charge in [0.2, 0.25) is 0 Å². The van der Waals surface area contributed by atoms with Crippen molar-refractivity contribution in [2.45, 2.75) is 51.4 Å². The van der Waals surface area contributed by atoms with Crippen molar-refractivity contribution in [2.24, 2.45) is 11.8 Å². The molecule has 0 saturated heterocycles. The van der Waals surface area contributed by atoms with E-state index in [2.05, 4.69) is 24.3 Å². The first-order valence-corrected chi connectivity index (χ1v) is 9.04. The minimum atomic E-state index is 0.697. The van der Waals surface area contributed by atoms with Gasteiger partial charge in [-0.05, 0) is 68.1 Å². The Labute approximate surface area is 146 Å². The van der Waals surface area contributed by atoms with Crippen molar-refractivity contribution in [3.05, 3.63) is 59.7 Å². The van der Waals surface area contributed by atoms with Gasteiger partial charge in [-0.3, -0.25) is 0 Å². The van der Waals surface area contributed by atoms with Crippen LogP contribution in [0.1, 0.15) is 56.1 Å². The third-order valence-corrected chi connectivity index (χ3v) is 4.97. The zero-order valence-electron chi connectivity index (χ0n) is 14.3. The number of hydrogen-bond acceptors (Lipinski definition) is 2. The molecule has 1 fully saturated rings. The smallest absolute Gasteiger partial charge is 0.0991 e. The van der Waals surface area contributed by atoms with Crippen molar-refractivity contribution < 1.29 is 0 Å². The lowest BCUT2D eigenvalue weighted by atomic mass is 9.79. The molecule has 1 aliphatic carbocycles. The molecule has 0 unspecified atom stereocenters. The quantitative estimate of drug-likeness (QED) is 0.367. The van der Waals surface area contributed by atoms with Crippen molar-refractivity contribution in [2.75, 3.05) is 0 Å². The van der Waals surface area contributed by atoms with E-state index in [1.165, 1.54) is 56.6 Å². The van der Waals surface area contributed by atoms with E-state index in [9.17, 15) is 0 Å². The molecule has 0 radical (unpaired) electrons. The Morgan fingerprint density at radius 3 is 2.38 bits per heavy atom. The Bertz CT molecular complexity index is 617. The lowest BCUT2D eigenvalue weighted by Gasteiger charge is -2.26. The maximum absolute atomic E-state index is 8.81. The standard InChI is InChI=1S/C22H26N2/c23-17-5-1-2-6-19-9-11-20(12-10-19)7-3-4-8-21-13-15-22(18-24)16-14-21/h1-2,5-6,13-16,19-20H,3-4,7-12H2/b5-1+,6-2+. The molecule has 1 saturated carbocycles. The third-order valence-electron chi connectivity index (χ3n) is 4.97. The minimum Gasteiger partial charge on any atom is -0.193 e. The van der Waals surface area contributed by atoms with Crippen LogP contribution in [0.3, 0.4) is 0 Å². The number of benzene rings is 1. The fraction of sp³-hybridized carbons (Fsp3) is 0.455. The van der Waals surface area contributed by atoms with Gasteiger partial charge in [-0.2, -0.15) is 10.5 Å². The molecule has 124 valence electrons. The van der Waals surface area contributed by atoms with Gasteiger partial charge in [0.25, 0.3) is 0 Å². The van der Waals surface area contributed by atoms with Crippen LogP contribution in [-0.4, -0.2) is 0 Å². The third kappa shape index (κ3) is 6.43. The topological polar surface area (TPSA) is 47.6 Å². The van der Waals surface area contributed by atoms with Gasteiger partial charge >= 0.3 is 0 Å². The van der Waals surface area contributed by atoms with Gasteiger partial charge in [0, 0.05) is 6.08 Å². The van der Waals surface area contributed by atoms with Gasteiger partial charge < -0.3 is 0 Å². The summed E-state index contributed by atoms with van der Waals surface area (Å²) in [4.78, 5) is 0. The van der Waals surface area contributed by atoms with Crippen LogP contribution in [0.15, 0.2) is 48.6 Å². The first kappa shape index (κ1) is 18.0. The number of allylic oxidation sites excluding steroid dienone is 4. The van der Waals surface area contributed by atoms with E-state index in [0.29, 0.717) is 5.92 Å². The number of hydrogen-bond donors (Lipinski definition) is 0.